The molecule has 0 saturated carbocycles. The molecule has 5 heteroatoms. The molecule has 124 valence electrons. The third-order valence-electron chi connectivity index (χ3n) is 3.08. The van der Waals surface area contributed by atoms with Crippen LogP contribution in [0.2, 0.25) is 0 Å². The lowest BCUT2D eigenvalue weighted by Gasteiger charge is -2.28. The van der Waals surface area contributed by atoms with Gasteiger partial charge in [-0.1, -0.05) is 0 Å². The number of carbonyl (C=O) groups excluding carboxylic acids is 1. The fourth-order valence-corrected chi connectivity index (χ4v) is 1.90. The summed E-state index contributed by atoms with van der Waals surface area (Å²) in [6.07, 6.45) is 3.90. The Balaban J connectivity index is 2.16. The summed E-state index contributed by atoms with van der Waals surface area (Å²) in [4.78, 5) is 12.0. The summed E-state index contributed by atoms with van der Waals surface area (Å²) in [7, 11) is 0. The topological polar surface area (TPSA) is 54.0 Å². The largest absolute Gasteiger partial charge is 0.458 e. The second-order valence-electron chi connectivity index (χ2n) is 6.88. The van der Waals surface area contributed by atoms with Crippen molar-refractivity contribution in [2.75, 3.05) is 19.8 Å². The first-order chi connectivity index (χ1) is 9.71. The maximum absolute atomic E-state index is 12.0. The van der Waals surface area contributed by atoms with Crippen LogP contribution in [0, 0.1) is 0 Å². The maximum atomic E-state index is 12.0. The summed E-state index contributed by atoms with van der Waals surface area (Å²) in [6.45, 7) is 10.8. The van der Waals surface area contributed by atoms with Crippen molar-refractivity contribution in [1.29, 1.82) is 0 Å². The van der Waals surface area contributed by atoms with Gasteiger partial charge in [-0.25, -0.2) is 4.79 Å². The van der Waals surface area contributed by atoms with Crippen LogP contribution in [0.25, 0.3) is 0 Å². The van der Waals surface area contributed by atoms with Gasteiger partial charge in [0.1, 0.15) is 5.60 Å². The monoisotopic (exact) mass is 302 g/mol. The zero-order valence-electron chi connectivity index (χ0n) is 14.1. The number of ether oxygens (including phenoxy) is 4. The van der Waals surface area contributed by atoms with E-state index in [0.717, 1.165) is 32.3 Å². The van der Waals surface area contributed by atoms with Gasteiger partial charge in [-0.05, 0) is 60.3 Å². The lowest BCUT2D eigenvalue weighted by molar-refractivity contribution is -0.183. The number of esters is 1. The summed E-state index contributed by atoms with van der Waals surface area (Å²) < 4.78 is 22.1. The van der Waals surface area contributed by atoms with Crippen LogP contribution >= 0.6 is 0 Å². The molecule has 0 aromatic heterocycles. The first-order valence-corrected chi connectivity index (χ1v) is 7.81. The molecule has 1 saturated heterocycles. The summed E-state index contributed by atoms with van der Waals surface area (Å²) in [5.74, 6) is -0.341. The quantitative estimate of drug-likeness (QED) is 0.534. The second kappa shape index (κ2) is 8.11. The van der Waals surface area contributed by atoms with Gasteiger partial charge in [0.15, 0.2) is 11.9 Å². The van der Waals surface area contributed by atoms with Gasteiger partial charge < -0.3 is 18.9 Å². The average Bonchev–Trinajstić information content (AvgIpc) is 2.37. The van der Waals surface area contributed by atoms with Crippen molar-refractivity contribution in [3.8, 4) is 0 Å². The van der Waals surface area contributed by atoms with Gasteiger partial charge in [0, 0.05) is 6.61 Å². The maximum Gasteiger partial charge on any atom is 0.338 e. The predicted molar refractivity (Wildman–Crippen MR) is 80.0 cm³/mol. The Labute approximate surface area is 128 Å². The third kappa shape index (κ3) is 7.79. The van der Waals surface area contributed by atoms with Crippen molar-refractivity contribution in [3.63, 3.8) is 0 Å². The normalized spacial score (nSPS) is 20.3. The molecule has 0 N–H and O–H groups in total. The Hall–Kier alpha value is -0.650. The minimum Gasteiger partial charge on any atom is -0.458 e. The fraction of sp³-hybridized carbons (Fsp3) is 0.938. The van der Waals surface area contributed by atoms with Crippen molar-refractivity contribution in [2.24, 2.45) is 0 Å². The molecule has 1 fully saturated rings. The molecule has 1 rings (SSSR count). The minimum atomic E-state index is -0.936. The first-order valence-electron chi connectivity index (χ1n) is 7.81. The van der Waals surface area contributed by atoms with Crippen molar-refractivity contribution in [3.05, 3.63) is 0 Å². The first kappa shape index (κ1) is 18.4. The highest BCUT2D eigenvalue weighted by molar-refractivity contribution is 5.78. The summed E-state index contributed by atoms with van der Waals surface area (Å²) in [5, 5.41) is 0. The molecule has 1 aliphatic heterocycles. The Morgan fingerprint density at radius 3 is 2.43 bits per heavy atom. The van der Waals surface area contributed by atoms with Crippen LogP contribution < -0.4 is 0 Å². The van der Waals surface area contributed by atoms with E-state index in [-0.39, 0.29) is 12.3 Å². The van der Waals surface area contributed by atoms with Crippen molar-refractivity contribution < 1.29 is 23.7 Å². The van der Waals surface area contributed by atoms with Crippen LogP contribution in [-0.2, 0) is 23.7 Å². The molecule has 0 spiro atoms. The van der Waals surface area contributed by atoms with E-state index in [0.29, 0.717) is 13.2 Å². The molecular weight excluding hydrogens is 272 g/mol. The molecule has 0 aromatic carbocycles. The van der Waals surface area contributed by atoms with Gasteiger partial charge in [0.2, 0.25) is 0 Å². The zero-order chi connectivity index (χ0) is 15.9. The highest BCUT2D eigenvalue weighted by atomic mass is 16.7. The van der Waals surface area contributed by atoms with Crippen LogP contribution in [0.1, 0.15) is 60.3 Å². The average molecular weight is 302 g/mol. The van der Waals surface area contributed by atoms with Crippen LogP contribution in [0.15, 0.2) is 0 Å². The standard InChI is InChI=1S/C16H30O5/c1-15(2,3)21-14(17)16(4,5)20-12-8-11-19-13-9-6-7-10-18-13/h13H,6-12H2,1-5H3. The lowest BCUT2D eigenvalue weighted by Crippen LogP contribution is -2.41. The number of hydrogen-bond donors (Lipinski definition) is 0. The zero-order valence-corrected chi connectivity index (χ0v) is 14.1. The van der Waals surface area contributed by atoms with Gasteiger partial charge >= 0.3 is 5.97 Å². The molecule has 0 bridgehead atoms. The summed E-state index contributed by atoms with van der Waals surface area (Å²) in [5.41, 5.74) is -1.44. The summed E-state index contributed by atoms with van der Waals surface area (Å²) >= 11 is 0. The van der Waals surface area contributed by atoms with Gasteiger partial charge in [-0.2, -0.15) is 0 Å². The van der Waals surface area contributed by atoms with Gasteiger partial charge in [-0.3, -0.25) is 0 Å². The molecule has 0 aromatic rings. The molecule has 1 heterocycles. The SMILES string of the molecule is CC(C)(C)OC(=O)C(C)(C)OCCCOC1CCCCO1. The van der Waals surface area contributed by atoms with Gasteiger partial charge in [0.25, 0.3) is 0 Å². The Morgan fingerprint density at radius 2 is 1.86 bits per heavy atom. The molecule has 0 radical (unpaired) electrons. The molecule has 1 atom stereocenters. The van der Waals surface area contributed by atoms with Crippen LogP contribution in [0.4, 0.5) is 0 Å². The number of carbonyl (C=O) groups is 1. The highest BCUT2D eigenvalue weighted by Gasteiger charge is 2.33. The highest BCUT2D eigenvalue weighted by Crippen LogP contribution is 2.18. The van der Waals surface area contributed by atoms with E-state index >= 15 is 0 Å². The number of rotatable bonds is 7. The Bertz CT molecular complexity index is 313. The minimum absolute atomic E-state index is 0.0717. The molecule has 0 amide bonds. The predicted octanol–water partition coefficient (Wildman–Crippen LogP) is 3.06. The van der Waals surface area contributed by atoms with E-state index < -0.39 is 11.2 Å². The van der Waals surface area contributed by atoms with Gasteiger partial charge in [-0.15, -0.1) is 0 Å². The summed E-state index contributed by atoms with van der Waals surface area (Å²) in [6, 6.07) is 0. The van der Waals surface area contributed by atoms with E-state index in [2.05, 4.69) is 0 Å². The van der Waals surface area contributed by atoms with Crippen LogP contribution in [-0.4, -0.2) is 43.3 Å². The molecule has 5 nitrogen and oxygen atoms in total. The van der Waals surface area contributed by atoms with Crippen molar-refractivity contribution >= 4 is 5.97 Å². The molecule has 0 aliphatic carbocycles. The fourth-order valence-electron chi connectivity index (χ4n) is 1.90. The van der Waals surface area contributed by atoms with E-state index in [1.807, 2.05) is 20.8 Å². The van der Waals surface area contributed by atoms with E-state index in [9.17, 15) is 4.79 Å². The van der Waals surface area contributed by atoms with Crippen molar-refractivity contribution in [1.82, 2.24) is 0 Å². The third-order valence-corrected chi connectivity index (χ3v) is 3.08. The van der Waals surface area contributed by atoms with E-state index in [4.69, 9.17) is 18.9 Å². The molecular formula is C16H30O5. The second-order valence-corrected chi connectivity index (χ2v) is 6.88. The lowest BCUT2D eigenvalue weighted by atomic mass is 10.1. The Morgan fingerprint density at radius 1 is 1.14 bits per heavy atom. The molecule has 21 heavy (non-hydrogen) atoms. The van der Waals surface area contributed by atoms with Gasteiger partial charge in [0.05, 0.1) is 13.2 Å². The van der Waals surface area contributed by atoms with E-state index in [1.54, 1.807) is 13.8 Å². The number of hydrogen-bond acceptors (Lipinski definition) is 5. The van der Waals surface area contributed by atoms with Crippen LogP contribution in [0.5, 0.6) is 0 Å². The molecule has 1 aliphatic rings. The van der Waals surface area contributed by atoms with Crippen LogP contribution in [0.3, 0.4) is 0 Å². The smallest absolute Gasteiger partial charge is 0.338 e. The van der Waals surface area contributed by atoms with Crippen molar-refractivity contribution in [2.45, 2.75) is 77.8 Å². The Kier molecular flexibility index (Phi) is 7.10. The van der Waals surface area contributed by atoms with E-state index in [1.165, 1.54) is 0 Å². The molecule has 1 unspecified atom stereocenters.